The molecule has 0 unspecified atom stereocenters. The Hall–Kier alpha value is -1.58. The monoisotopic (exact) mass is 319 g/mol. The van der Waals surface area contributed by atoms with Gasteiger partial charge in [-0.25, -0.2) is 23.1 Å². The molecule has 2 heterocycles. The van der Waals surface area contributed by atoms with E-state index in [4.69, 9.17) is 23.1 Å². The van der Waals surface area contributed by atoms with Gasteiger partial charge in [-0.1, -0.05) is 0 Å². The number of likely N-dealkylation sites (tertiary alicyclic amines) is 1. The minimum atomic E-state index is -4.94. The standard InChI is InChI=1S/C12H14NO3.ClHO4/c1-8-5-10(6-9(2)16-8)7-13-11(14)3-4-12(13)15;2-1(3,4)5/h5-6H,3-4,7H2,1-2H3;(H,2,3,4,5)/q+1;/p-1. The van der Waals surface area contributed by atoms with Crippen molar-refractivity contribution in [2.75, 3.05) is 0 Å². The summed E-state index contributed by atoms with van der Waals surface area (Å²) in [5, 5.41) is 0. The van der Waals surface area contributed by atoms with Gasteiger partial charge in [-0.2, -0.15) is 0 Å². The van der Waals surface area contributed by atoms with E-state index in [1.165, 1.54) is 4.90 Å². The molecule has 0 bridgehead atoms. The highest BCUT2D eigenvalue weighted by Gasteiger charge is 2.29. The Bertz CT molecular complexity index is 499. The number of carbonyl (C=O) groups excluding carboxylic acids is 2. The number of aryl methyl sites for hydroxylation is 2. The number of hydrogen-bond donors (Lipinski definition) is 0. The molecule has 2 amide bonds. The van der Waals surface area contributed by atoms with Crippen LogP contribution >= 0.6 is 0 Å². The Morgan fingerprint density at radius 3 is 1.81 bits per heavy atom. The van der Waals surface area contributed by atoms with E-state index >= 15 is 0 Å². The predicted molar refractivity (Wildman–Crippen MR) is 57.4 cm³/mol. The Morgan fingerprint density at radius 1 is 1.05 bits per heavy atom. The van der Waals surface area contributed by atoms with Gasteiger partial charge >= 0.3 is 11.5 Å². The summed E-state index contributed by atoms with van der Waals surface area (Å²) in [4.78, 5) is 24.2. The van der Waals surface area contributed by atoms with Gasteiger partial charge in [0.25, 0.3) is 0 Å². The van der Waals surface area contributed by atoms with Gasteiger partial charge in [-0.15, -0.1) is 10.2 Å². The molecule has 0 spiro atoms. The van der Waals surface area contributed by atoms with Gasteiger partial charge in [-0.05, 0) is 5.56 Å². The highest BCUT2D eigenvalue weighted by molar-refractivity contribution is 6.01. The summed E-state index contributed by atoms with van der Waals surface area (Å²) >= 11 is 0. The zero-order chi connectivity index (χ0) is 16.2. The first kappa shape index (κ1) is 17.5. The van der Waals surface area contributed by atoms with Crippen LogP contribution in [0.5, 0.6) is 0 Å². The zero-order valence-corrected chi connectivity index (χ0v) is 12.2. The summed E-state index contributed by atoms with van der Waals surface area (Å²) < 4.78 is 39.3. The second kappa shape index (κ2) is 6.92. The largest absolute Gasteiger partial charge is 0.326 e. The molecule has 116 valence electrons. The SMILES string of the molecule is Cc1cc(CN2C(=O)CCC2=O)cc(C)[o+]1.[O-][Cl+3]([O-])([O-])[O-]. The molecule has 21 heavy (non-hydrogen) atoms. The minimum Gasteiger partial charge on any atom is -0.278 e. The quantitative estimate of drug-likeness (QED) is 0.419. The number of nitrogens with zero attached hydrogens (tertiary/aromatic N) is 1. The van der Waals surface area contributed by atoms with Gasteiger partial charge in [0.1, 0.15) is 0 Å². The second-order valence-corrected chi connectivity index (χ2v) is 5.19. The summed E-state index contributed by atoms with van der Waals surface area (Å²) in [6.07, 6.45) is 0.683. The maximum atomic E-state index is 11.4. The van der Waals surface area contributed by atoms with Gasteiger partial charge in [-0.3, -0.25) is 14.5 Å². The lowest BCUT2D eigenvalue weighted by Gasteiger charge is -2.17. The number of imide groups is 1. The predicted octanol–water partition coefficient (Wildman–Crippen LogP) is -2.93. The van der Waals surface area contributed by atoms with E-state index in [1.54, 1.807) is 0 Å². The van der Waals surface area contributed by atoms with Gasteiger partial charge in [0.05, 0.1) is 20.4 Å². The molecule has 0 saturated carbocycles. The van der Waals surface area contributed by atoms with Crippen LogP contribution in [0.3, 0.4) is 0 Å². The van der Waals surface area contributed by atoms with E-state index in [2.05, 4.69) is 0 Å². The third kappa shape index (κ3) is 6.61. The molecule has 9 heteroatoms. The first-order chi connectivity index (χ1) is 9.56. The van der Waals surface area contributed by atoms with Crippen LogP contribution in [0.1, 0.15) is 29.9 Å². The van der Waals surface area contributed by atoms with Crippen LogP contribution in [0, 0.1) is 24.1 Å². The minimum absolute atomic E-state index is 0.0823. The van der Waals surface area contributed by atoms with E-state index in [1.807, 2.05) is 26.0 Å². The first-order valence-electron chi connectivity index (χ1n) is 5.91. The lowest BCUT2D eigenvalue weighted by molar-refractivity contribution is -2.00. The van der Waals surface area contributed by atoms with E-state index < -0.39 is 10.2 Å². The van der Waals surface area contributed by atoms with Crippen LogP contribution in [0.4, 0.5) is 0 Å². The molecule has 0 N–H and O–H groups in total. The van der Waals surface area contributed by atoms with Crippen LogP contribution in [0.15, 0.2) is 16.5 Å². The van der Waals surface area contributed by atoms with Crippen LogP contribution in [-0.2, 0) is 16.1 Å². The number of amides is 2. The van der Waals surface area contributed by atoms with Crippen LogP contribution < -0.4 is 18.6 Å². The van der Waals surface area contributed by atoms with Crippen LogP contribution in [0.2, 0.25) is 0 Å². The molecule has 8 nitrogen and oxygen atoms in total. The van der Waals surface area contributed by atoms with Crippen molar-refractivity contribution in [3.05, 3.63) is 29.2 Å². The van der Waals surface area contributed by atoms with Crippen molar-refractivity contribution in [3.8, 4) is 0 Å². The van der Waals surface area contributed by atoms with E-state index in [9.17, 15) is 9.59 Å². The Morgan fingerprint density at radius 2 is 1.43 bits per heavy atom. The zero-order valence-electron chi connectivity index (χ0n) is 11.5. The third-order valence-electron chi connectivity index (χ3n) is 2.59. The number of carbonyl (C=O) groups is 2. The fraction of sp³-hybridized carbons (Fsp3) is 0.417. The molecular formula is C12H14ClNO7. The number of rotatable bonds is 2. The van der Waals surface area contributed by atoms with Crippen molar-refractivity contribution in [3.63, 3.8) is 0 Å². The lowest BCUT2D eigenvalue weighted by atomic mass is 10.2. The summed E-state index contributed by atoms with van der Waals surface area (Å²) in [5.41, 5.74) is 0.935. The Labute approximate surface area is 123 Å². The topological polar surface area (TPSA) is 141 Å². The molecule has 1 aromatic heterocycles. The van der Waals surface area contributed by atoms with Gasteiger partial charge < -0.3 is 0 Å². The summed E-state index contributed by atoms with van der Waals surface area (Å²) in [7, 11) is -4.94. The summed E-state index contributed by atoms with van der Waals surface area (Å²) in [6.45, 7) is 4.06. The van der Waals surface area contributed by atoms with Gasteiger partial charge in [0.15, 0.2) is 0 Å². The third-order valence-corrected chi connectivity index (χ3v) is 2.59. The molecule has 1 aliphatic rings. The molecule has 1 aromatic rings. The van der Waals surface area contributed by atoms with Crippen molar-refractivity contribution >= 4 is 11.8 Å². The Kier molecular flexibility index (Phi) is 5.76. The molecule has 1 saturated heterocycles. The van der Waals surface area contributed by atoms with Gasteiger partial charge in [0.2, 0.25) is 11.8 Å². The maximum absolute atomic E-state index is 11.4. The molecule has 2 rings (SSSR count). The molecule has 0 aliphatic carbocycles. The van der Waals surface area contributed by atoms with Gasteiger partial charge in [0, 0.05) is 25.0 Å². The van der Waals surface area contributed by atoms with E-state index in [-0.39, 0.29) is 11.8 Å². The smallest absolute Gasteiger partial charge is 0.278 e. The molecule has 0 radical (unpaired) electrons. The average molecular weight is 320 g/mol. The lowest BCUT2D eigenvalue weighted by Crippen LogP contribution is -2.68. The van der Waals surface area contributed by atoms with E-state index in [0.717, 1.165) is 17.1 Å². The molecule has 0 aromatic carbocycles. The van der Waals surface area contributed by atoms with Crippen LogP contribution in [-0.4, -0.2) is 16.7 Å². The molecular weight excluding hydrogens is 306 g/mol. The number of halogens is 1. The highest BCUT2D eigenvalue weighted by atomic mass is 35.7. The average Bonchev–Trinajstić information content (AvgIpc) is 2.57. The molecule has 0 atom stereocenters. The normalized spacial score (nSPS) is 15.0. The summed E-state index contributed by atoms with van der Waals surface area (Å²) in [5.74, 6) is 1.41. The fourth-order valence-electron chi connectivity index (χ4n) is 1.95. The highest BCUT2D eigenvalue weighted by Crippen LogP contribution is 2.17. The van der Waals surface area contributed by atoms with Crippen molar-refractivity contribution in [2.24, 2.45) is 0 Å². The summed E-state index contributed by atoms with van der Waals surface area (Å²) in [6, 6.07) is 3.71. The Balaban J connectivity index is 0.000000383. The first-order valence-corrected chi connectivity index (χ1v) is 7.15. The van der Waals surface area contributed by atoms with Crippen molar-refractivity contribution in [1.29, 1.82) is 0 Å². The van der Waals surface area contributed by atoms with Crippen LogP contribution in [0.25, 0.3) is 0 Å². The van der Waals surface area contributed by atoms with Crippen molar-refractivity contribution < 1.29 is 42.9 Å². The molecule has 1 aliphatic heterocycles. The van der Waals surface area contributed by atoms with E-state index in [0.29, 0.717) is 19.4 Å². The fourth-order valence-corrected chi connectivity index (χ4v) is 1.95. The second-order valence-electron chi connectivity index (χ2n) is 4.44. The molecule has 1 fully saturated rings. The van der Waals surface area contributed by atoms with Crippen molar-refractivity contribution in [2.45, 2.75) is 33.2 Å². The maximum Gasteiger partial charge on any atom is 0.326 e. The number of hydrogen-bond acceptors (Lipinski definition) is 6. The van der Waals surface area contributed by atoms with Crippen molar-refractivity contribution in [1.82, 2.24) is 4.90 Å².